The maximum Gasteiger partial charge on any atom is 0.243 e. The molecule has 2 N–H and O–H groups in total. The maximum atomic E-state index is 13.7. The van der Waals surface area contributed by atoms with Crippen LogP contribution >= 0.6 is 0 Å². The summed E-state index contributed by atoms with van der Waals surface area (Å²) in [7, 11) is -2.70. The Morgan fingerprint density at radius 3 is 2.57 bits per heavy atom. The molecule has 0 aliphatic rings. The number of ether oxygens (including phenoxy) is 1. The van der Waals surface area contributed by atoms with Crippen LogP contribution in [0, 0.1) is 11.6 Å². The van der Waals surface area contributed by atoms with Crippen molar-refractivity contribution in [2.75, 3.05) is 26.8 Å². The second-order valence-corrected chi connectivity index (χ2v) is 6.19. The van der Waals surface area contributed by atoms with E-state index in [2.05, 4.69) is 10.0 Å². The SMILES string of the molecule is CCCNCc1cc(F)c(F)c(S(=O)(=O)NCCOC)c1. The Balaban J connectivity index is 2.99. The minimum atomic E-state index is -4.11. The Morgan fingerprint density at radius 1 is 1.24 bits per heavy atom. The molecule has 0 amide bonds. The number of benzene rings is 1. The van der Waals surface area contributed by atoms with E-state index in [1.807, 2.05) is 6.92 Å². The van der Waals surface area contributed by atoms with Crippen molar-refractivity contribution in [3.05, 3.63) is 29.3 Å². The first-order valence-corrected chi connectivity index (χ1v) is 8.08. The van der Waals surface area contributed by atoms with Gasteiger partial charge in [0, 0.05) is 20.2 Å². The van der Waals surface area contributed by atoms with E-state index in [-0.39, 0.29) is 19.7 Å². The number of methoxy groups -OCH3 is 1. The van der Waals surface area contributed by atoms with E-state index < -0.39 is 26.6 Å². The lowest BCUT2D eigenvalue weighted by Crippen LogP contribution is -2.28. The molecule has 0 heterocycles. The van der Waals surface area contributed by atoms with Gasteiger partial charge in [-0.05, 0) is 30.7 Å². The fourth-order valence-corrected chi connectivity index (χ4v) is 2.83. The smallest absolute Gasteiger partial charge is 0.243 e. The second-order valence-electron chi connectivity index (χ2n) is 4.46. The van der Waals surface area contributed by atoms with Crippen LogP contribution in [0.1, 0.15) is 18.9 Å². The van der Waals surface area contributed by atoms with Gasteiger partial charge in [-0.3, -0.25) is 0 Å². The Kier molecular flexibility index (Phi) is 7.16. The predicted molar refractivity (Wildman–Crippen MR) is 75.4 cm³/mol. The summed E-state index contributed by atoms with van der Waals surface area (Å²) in [5.41, 5.74) is 0.370. The van der Waals surface area contributed by atoms with Gasteiger partial charge < -0.3 is 10.1 Å². The van der Waals surface area contributed by atoms with Gasteiger partial charge in [0.05, 0.1) is 6.61 Å². The molecule has 120 valence electrons. The van der Waals surface area contributed by atoms with Crippen molar-refractivity contribution in [2.24, 2.45) is 0 Å². The van der Waals surface area contributed by atoms with Gasteiger partial charge in [0.1, 0.15) is 4.90 Å². The molecule has 1 aromatic carbocycles. The molecular weight excluding hydrogens is 302 g/mol. The Hall–Kier alpha value is -1.09. The van der Waals surface area contributed by atoms with Crippen LogP contribution in [0.2, 0.25) is 0 Å². The van der Waals surface area contributed by atoms with Gasteiger partial charge in [0.25, 0.3) is 0 Å². The van der Waals surface area contributed by atoms with Gasteiger partial charge >= 0.3 is 0 Å². The molecule has 0 aliphatic carbocycles. The van der Waals surface area contributed by atoms with Crippen molar-refractivity contribution in [3.8, 4) is 0 Å². The van der Waals surface area contributed by atoms with E-state index in [4.69, 9.17) is 4.74 Å². The highest BCUT2D eigenvalue weighted by atomic mass is 32.2. The lowest BCUT2D eigenvalue weighted by atomic mass is 10.2. The van der Waals surface area contributed by atoms with Crippen molar-refractivity contribution < 1.29 is 21.9 Å². The summed E-state index contributed by atoms with van der Waals surface area (Å²) in [5, 5.41) is 3.00. The summed E-state index contributed by atoms with van der Waals surface area (Å²) in [4.78, 5) is -0.688. The van der Waals surface area contributed by atoms with Crippen LogP contribution in [-0.2, 0) is 21.3 Å². The minimum absolute atomic E-state index is 0.0157. The quantitative estimate of drug-likeness (QED) is 0.674. The molecule has 0 unspecified atom stereocenters. The van der Waals surface area contributed by atoms with Crippen molar-refractivity contribution in [1.29, 1.82) is 0 Å². The predicted octanol–water partition coefficient (Wildman–Crippen LogP) is 1.39. The van der Waals surface area contributed by atoms with E-state index in [0.717, 1.165) is 18.6 Å². The van der Waals surface area contributed by atoms with Crippen molar-refractivity contribution in [3.63, 3.8) is 0 Å². The Bertz CT molecular complexity index is 565. The largest absolute Gasteiger partial charge is 0.383 e. The molecule has 0 fully saturated rings. The number of sulfonamides is 1. The maximum absolute atomic E-state index is 13.7. The number of rotatable bonds is 9. The molecule has 1 aromatic rings. The molecule has 5 nitrogen and oxygen atoms in total. The van der Waals surface area contributed by atoms with Crippen LogP contribution < -0.4 is 10.0 Å². The topological polar surface area (TPSA) is 67.4 Å². The molecule has 0 atom stereocenters. The van der Waals surface area contributed by atoms with Crippen molar-refractivity contribution in [1.82, 2.24) is 10.0 Å². The van der Waals surface area contributed by atoms with Crippen molar-refractivity contribution >= 4 is 10.0 Å². The van der Waals surface area contributed by atoms with Crippen LogP contribution in [0.15, 0.2) is 17.0 Å². The number of hydrogen-bond donors (Lipinski definition) is 2. The number of nitrogens with one attached hydrogen (secondary N) is 2. The first-order valence-electron chi connectivity index (χ1n) is 6.59. The van der Waals surface area contributed by atoms with E-state index in [1.54, 1.807) is 0 Å². The highest BCUT2D eigenvalue weighted by Gasteiger charge is 2.22. The zero-order chi connectivity index (χ0) is 15.9. The summed E-state index contributed by atoms with van der Waals surface area (Å²) < 4.78 is 58.1. The van der Waals surface area contributed by atoms with Crippen LogP contribution in [0.3, 0.4) is 0 Å². The summed E-state index contributed by atoms with van der Waals surface area (Å²) in [5.74, 6) is -2.56. The number of hydrogen-bond acceptors (Lipinski definition) is 4. The standard InChI is InChI=1S/C13H20F2N2O3S/c1-3-4-16-9-10-7-11(14)13(15)12(8-10)21(18,19)17-5-6-20-2/h7-8,16-17H,3-6,9H2,1-2H3. The third kappa shape index (κ3) is 5.31. The van der Waals surface area contributed by atoms with E-state index >= 15 is 0 Å². The van der Waals surface area contributed by atoms with Crippen LogP contribution in [0.5, 0.6) is 0 Å². The van der Waals surface area contributed by atoms with E-state index in [1.165, 1.54) is 7.11 Å². The average Bonchev–Trinajstić information content (AvgIpc) is 2.42. The second kappa shape index (κ2) is 8.38. The Labute approximate surface area is 123 Å². The molecule has 8 heteroatoms. The van der Waals surface area contributed by atoms with Crippen LogP contribution in [0.25, 0.3) is 0 Å². The molecule has 0 bridgehead atoms. The zero-order valence-corrected chi connectivity index (χ0v) is 12.9. The third-order valence-corrected chi connectivity index (χ3v) is 4.16. The van der Waals surface area contributed by atoms with E-state index in [9.17, 15) is 17.2 Å². The first-order chi connectivity index (χ1) is 9.92. The normalized spacial score (nSPS) is 11.8. The van der Waals surface area contributed by atoms with Gasteiger partial charge in [-0.1, -0.05) is 6.92 Å². The molecule has 21 heavy (non-hydrogen) atoms. The van der Waals surface area contributed by atoms with E-state index in [0.29, 0.717) is 12.1 Å². The molecule has 0 radical (unpaired) electrons. The lowest BCUT2D eigenvalue weighted by molar-refractivity contribution is 0.204. The van der Waals surface area contributed by atoms with Gasteiger partial charge in [0.15, 0.2) is 11.6 Å². The van der Waals surface area contributed by atoms with Crippen LogP contribution in [0.4, 0.5) is 8.78 Å². The molecule has 1 rings (SSSR count). The highest BCUT2D eigenvalue weighted by Crippen LogP contribution is 2.19. The third-order valence-electron chi connectivity index (χ3n) is 2.70. The number of halogens is 2. The van der Waals surface area contributed by atoms with Crippen molar-refractivity contribution in [2.45, 2.75) is 24.8 Å². The van der Waals surface area contributed by atoms with Gasteiger partial charge in [-0.2, -0.15) is 0 Å². The van der Waals surface area contributed by atoms with Gasteiger partial charge in [-0.25, -0.2) is 21.9 Å². The van der Waals surface area contributed by atoms with Gasteiger partial charge in [-0.15, -0.1) is 0 Å². The Morgan fingerprint density at radius 2 is 1.95 bits per heavy atom. The summed E-state index contributed by atoms with van der Waals surface area (Å²) in [6.45, 7) is 3.06. The fourth-order valence-electron chi connectivity index (χ4n) is 1.68. The summed E-state index contributed by atoms with van der Waals surface area (Å²) in [6, 6.07) is 2.13. The molecule has 0 saturated carbocycles. The zero-order valence-electron chi connectivity index (χ0n) is 12.1. The monoisotopic (exact) mass is 322 g/mol. The summed E-state index contributed by atoms with van der Waals surface area (Å²) >= 11 is 0. The first kappa shape index (κ1) is 18.0. The average molecular weight is 322 g/mol. The molecule has 0 saturated heterocycles. The highest BCUT2D eigenvalue weighted by molar-refractivity contribution is 7.89. The van der Waals surface area contributed by atoms with Gasteiger partial charge in [0.2, 0.25) is 10.0 Å². The molecule has 0 spiro atoms. The minimum Gasteiger partial charge on any atom is -0.383 e. The van der Waals surface area contributed by atoms with Crippen LogP contribution in [-0.4, -0.2) is 35.2 Å². The molecule has 0 aliphatic heterocycles. The molecule has 0 aromatic heterocycles. The fraction of sp³-hybridized carbons (Fsp3) is 0.538. The summed E-state index contributed by atoms with van der Waals surface area (Å²) in [6.07, 6.45) is 0.882. The lowest BCUT2D eigenvalue weighted by Gasteiger charge is -2.10. The molecular formula is C13H20F2N2O3S.